The number of halogens is 3. The second-order valence-corrected chi connectivity index (χ2v) is 3.35. The first-order chi connectivity index (χ1) is 6.65. The van der Waals surface area contributed by atoms with Gasteiger partial charge in [-0.25, -0.2) is 4.39 Å². The second kappa shape index (κ2) is 4.99. The fourth-order valence-electron chi connectivity index (χ4n) is 0.919. The molecular weight excluding hydrogens is 224 g/mol. The lowest BCUT2D eigenvalue weighted by atomic mass is 10.2. The number of nitrogens with zero attached hydrogens (tertiary/aromatic N) is 1. The highest BCUT2D eigenvalue weighted by Gasteiger charge is 2.05. The summed E-state index contributed by atoms with van der Waals surface area (Å²) < 4.78 is 13.0. The van der Waals surface area contributed by atoms with Crippen LogP contribution in [0.5, 0.6) is 0 Å². The zero-order valence-corrected chi connectivity index (χ0v) is 8.61. The van der Waals surface area contributed by atoms with Crippen LogP contribution in [-0.4, -0.2) is 0 Å². The van der Waals surface area contributed by atoms with E-state index in [9.17, 15) is 4.39 Å². The molecule has 0 amide bonds. The van der Waals surface area contributed by atoms with E-state index in [1.54, 1.807) is 18.2 Å². The van der Waals surface area contributed by atoms with Crippen molar-refractivity contribution in [2.24, 2.45) is 0 Å². The molecule has 0 radical (unpaired) electrons. The van der Waals surface area contributed by atoms with Gasteiger partial charge in [-0.15, -0.1) is 0 Å². The summed E-state index contributed by atoms with van der Waals surface area (Å²) in [6.07, 6.45) is 3.52. The number of benzene rings is 1. The molecule has 1 rings (SSSR count). The lowest BCUT2D eigenvalue weighted by Gasteiger charge is -1.99. The molecule has 0 bridgehead atoms. The summed E-state index contributed by atoms with van der Waals surface area (Å²) in [6.45, 7) is 0. The van der Waals surface area contributed by atoms with E-state index in [4.69, 9.17) is 28.5 Å². The topological polar surface area (TPSA) is 23.8 Å². The maximum atomic E-state index is 13.0. The van der Waals surface area contributed by atoms with Gasteiger partial charge in [0.15, 0.2) is 0 Å². The molecule has 0 fully saturated rings. The van der Waals surface area contributed by atoms with Crippen molar-refractivity contribution in [2.45, 2.75) is 6.42 Å². The Morgan fingerprint density at radius 3 is 2.71 bits per heavy atom. The predicted octanol–water partition coefficient (Wildman–Crippen LogP) is 4.06. The summed E-state index contributed by atoms with van der Waals surface area (Å²) in [5.41, 5.74) is 0.590. The summed E-state index contributed by atoms with van der Waals surface area (Å²) in [5, 5.41) is 8.37. The van der Waals surface area contributed by atoms with Gasteiger partial charge in [-0.05, 0) is 17.7 Å². The number of nitriles is 1. The molecule has 0 aliphatic rings. The largest absolute Gasteiger partial charge is 0.205 e. The van der Waals surface area contributed by atoms with Gasteiger partial charge in [0.05, 0.1) is 22.5 Å². The van der Waals surface area contributed by atoms with Crippen LogP contribution in [0.1, 0.15) is 12.0 Å². The van der Waals surface area contributed by atoms with Crippen LogP contribution < -0.4 is 0 Å². The lowest BCUT2D eigenvalue weighted by Crippen LogP contribution is -1.81. The molecule has 0 unspecified atom stereocenters. The number of hydrogen-bond donors (Lipinski definition) is 0. The molecule has 0 heterocycles. The fourth-order valence-corrected chi connectivity index (χ4v) is 1.24. The Labute approximate surface area is 91.4 Å². The standard InChI is InChI=1S/C10H6Cl2FN/c11-8-5-7(3-1-2-4-14)6-9(13)10(8)12/h1,3,5-6H,2H2. The fraction of sp³-hybridized carbons (Fsp3) is 0.100. The Balaban J connectivity index is 2.96. The van der Waals surface area contributed by atoms with Crippen molar-refractivity contribution in [1.29, 1.82) is 5.26 Å². The summed E-state index contributed by atoms with van der Waals surface area (Å²) in [7, 11) is 0. The molecule has 0 N–H and O–H groups in total. The quantitative estimate of drug-likeness (QED) is 0.702. The van der Waals surface area contributed by atoms with Crippen LogP contribution in [0.25, 0.3) is 6.08 Å². The summed E-state index contributed by atoms with van der Waals surface area (Å²) in [6, 6.07) is 4.75. The van der Waals surface area contributed by atoms with Gasteiger partial charge in [0, 0.05) is 0 Å². The van der Waals surface area contributed by atoms with Crippen molar-refractivity contribution in [3.05, 3.63) is 39.6 Å². The van der Waals surface area contributed by atoms with Crippen molar-refractivity contribution in [3.8, 4) is 6.07 Å². The molecule has 0 saturated carbocycles. The predicted molar refractivity (Wildman–Crippen MR) is 55.7 cm³/mol. The third-order valence-electron chi connectivity index (χ3n) is 1.53. The second-order valence-electron chi connectivity index (χ2n) is 2.56. The van der Waals surface area contributed by atoms with Gasteiger partial charge in [-0.3, -0.25) is 0 Å². The third-order valence-corrected chi connectivity index (χ3v) is 2.30. The number of rotatable bonds is 2. The SMILES string of the molecule is N#CCC=Cc1cc(F)c(Cl)c(Cl)c1. The van der Waals surface area contributed by atoms with E-state index in [-0.39, 0.29) is 16.5 Å². The Morgan fingerprint density at radius 1 is 1.43 bits per heavy atom. The van der Waals surface area contributed by atoms with Crippen LogP contribution in [0.15, 0.2) is 18.2 Å². The van der Waals surface area contributed by atoms with Gasteiger partial charge in [-0.2, -0.15) is 5.26 Å². The van der Waals surface area contributed by atoms with Crippen molar-refractivity contribution in [2.75, 3.05) is 0 Å². The van der Waals surface area contributed by atoms with Crippen molar-refractivity contribution in [1.82, 2.24) is 0 Å². The monoisotopic (exact) mass is 229 g/mol. The Bertz CT molecular complexity index is 384. The Hall–Kier alpha value is -1.04. The van der Waals surface area contributed by atoms with Gasteiger partial charge in [0.2, 0.25) is 0 Å². The highest BCUT2D eigenvalue weighted by atomic mass is 35.5. The maximum Gasteiger partial charge on any atom is 0.143 e. The zero-order valence-electron chi connectivity index (χ0n) is 7.10. The summed E-state index contributed by atoms with van der Waals surface area (Å²) in [4.78, 5) is 0. The molecule has 0 aliphatic carbocycles. The molecule has 1 aromatic rings. The van der Waals surface area contributed by atoms with E-state index in [2.05, 4.69) is 0 Å². The number of allylic oxidation sites excluding steroid dienone is 1. The molecule has 0 aliphatic heterocycles. The van der Waals surface area contributed by atoms with E-state index >= 15 is 0 Å². The molecule has 0 atom stereocenters. The Morgan fingerprint density at radius 2 is 2.14 bits per heavy atom. The minimum absolute atomic E-state index is 0.0795. The Kier molecular flexibility index (Phi) is 3.94. The highest BCUT2D eigenvalue weighted by Crippen LogP contribution is 2.26. The number of hydrogen-bond acceptors (Lipinski definition) is 1. The molecule has 1 nitrogen and oxygen atoms in total. The van der Waals surface area contributed by atoms with E-state index < -0.39 is 5.82 Å². The maximum absolute atomic E-state index is 13.0. The molecular formula is C10H6Cl2FN. The minimum atomic E-state index is -0.559. The lowest BCUT2D eigenvalue weighted by molar-refractivity contribution is 0.628. The first-order valence-corrected chi connectivity index (χ1v) is 4.58. The molecule has 0 aromatic heterocycles. The molecule has 72 valence electrons. The van der Waals surface area contributed by atoms with Gasteiger partial charge in [0.25, 0.3) is 0 Å². The first kappa shape index (κ1) is 11.0. The van der Waals surface area contributed by atoms with Crippen LogP contribution in [0.3, 0.4) is 0 Å². The van der Waals surface area contributed by atoms with Gasteiger partial charge < -0.3 is 0 Å². The van der Waals surface area contributed by atoms with E-state index in [0.29, 0.717) is 5.56 Å². The van der Waals surface area contributed by atoms with E-state index in [1.165, 1.54) is 6.07 Å². The van der Waals surface area contributed by atoms with E-state index in [1.807, 2.05) is 6.07 Å². The highest BCUT2D eigenvalue weighted by molar-refractivity contribution is 6.42. The molecule has 0 saturated heterocycles. The zero-order chi connectivity index (χ0) is 10.6. The van der Waals surface area contributed by atoms with E-state index in [0.717, 1.165) is 0 Å². The average Bonchev–Trinajstić information content (AvgIpc) is 2.14. The smallest absolute Gasteiger partial charge is 0.143 e. The van der Waals surface area contributed by atoms with Crippen LogP contribution in [0.4, 0.5) is 4.39 Å². The molecule has 0 spiro atoms. The summed E-state index contributed by atoms with van der Waals surface area (Å²) in [5.74, 6) is -0.559. The van der Waals surface area contributed by atoms with Gasteiger partial charge >= 0.3 is 0 Å². The normalized spacial score (nSPS) is 10.4. The third kappa shape index (κ3) is 2.73. The van der Waals surface area contributed by atoms with Crippen LogP contribution in [-0.2, 0) is 0 Å². The van der Waals surface area contributed by atoms with Crippen LogP contribution in [0, 0.1) is 17.1 Å². The summed E-state index contributed by atoms with van der Waals surface area (Å²) >= 11 is 11.2. The van der Waals surface area contributed by atoms with Crippen molar-refractivity contribution >= 4 is 29.3 Å². The molecule has 14 heavy (non-hydrogen) atoms. The van der Waals surface area contributed by atoms with Gasteiger partial charge in [0.1, 0.15) is 5.82 Å². The first-order valence-electron chi connectivity index (χ1n) is 3.83. The van der Waals surface area contributed by atoms with Gasteiger partial charge in [-0.1, -0.05) is 35.4 Å². The molecule has 1 aromatic carbocycles. The van der Waals surface area contributed by atoms with Crippen molar-refractivity contribution in [3.63, 3.8) is 0 Å². The van der Waals surface area contributed by atoms with Crippen LogP contribution in [0.2, 0.25) is 10.0 Å². The minimum Gasteiger partial charge on any atom is -0.205 e. The average molecular weight is 230 g/mol. The van der Waals surface area contributed by atoms with Crippen molar-refractivity contribution < 1.29 is 4.39 Å². The molecule has 4 heteroatoms. The van der Waals surface area contributed by atoms with Crippen LogP contribution >= 0.6 is 23.2 Å².